The van der Waals surface area contributed by atoms with Gasteiger partial charge in [0.25, 0.3) is 0 Å². The van der Waals surface area contributed by atoms with E-state index in [9.17, 15) is 5.11 Å². The van der Waals surface area contributed by atoms with Crippen LogP contribution in [-0.2, 0) is 0 Å². The molecule has 26 heavy (non-hydrogen) atoms. The number of hydrogen-bond acceptors (Lipinski definition) is 5. The van der Waals surface area contributed by atoms with Crippen molar-refractivity contribution in [1.29, 1.82) is 0 Å². The predicted molar refractivity (Wildman–Crippen MR) is 109 cm³/mol. The molecule has 3 rings (SSSR count). The van der Waals surface area contributed by atoms with Crippen molar-refractivity contribution in [3.05, 3.63) is 62.7 Å². The fraction of sp³-hybridized carbons (Fsp3) is 0.158. The Bertz CT molecular complexity index is 991. The molecule has 5 nitrogen and oxygen atoms in total. The molecule has 1 aromatic heterocycles. The minimum absolute atomic E-state index is 0.118. The quantitative estimate of drug-likeness (QED) is 0.604. The Balaban J connectivity index is 1.99. The fourth-order valence-electron chi connectivity index (χ4n) is 2.39. The molecule has 0 bridgehead atoms. The van der Waals surface area contributed by atoms with Crippen LogP contribution in [0.5, 0.6) is 11.5 Å². The van der Waals surface area contributed by atoms with Crippen molar-refractivity contribution < 1.29 is 9.84 Å². The van der Waals surface area contributed by atoms with E-state index in [4.69, 9.17) is 4.74 Å². The molecule has 7 heteroatoms. The summed E-state index contributed by atoms with van der Waals surface area (Å²) in [4.78, 5) is 5.10. The van der Waals surface area contributed by atoms with E-state index in [-0.39, 0.29) is 5.75 Å². The highest BCUT2D eigenvalue weighted by Crippen LogP contribution is 2.26. The first kappa shape index (κ1) is 18.4. The number of aromatic hydroxyl groups is 1. The molecule has 0 radical (unpaired) electrons. The average Bonchev–Trinajstić information content (AvgIpc) is 3.06. The van der Waals surface area contributed by atoms with Gasteiger partial charge in [0, 0.05) is 22.5 Å². The summed E-state index contributed by atoms with van der Waals surface area (Å²) in [6.45, 7) is 2.36. The molecule has 0 aliphatic rings. The van der Waals surface area contributed by atoms with Gasteiger partial charge in [0.05, 0.1) is 18.5 Å². The van der Waals surface area contributed by atoms with E-state index in [0.29, 0.717) is 12.4 Å². The van der Waals surface area contributed by atoms with Crippen LogP contribution in [0.3, 0.4) is 0 Å². The van der Waals surface area contributed by atoms with Gasteiger partial charge >= 0.3 is 0 Å². The zero-order valence-electron chi connectivity index (χ0n) is 14.4. The molecule has 0 aliphatic heterocycles. The Morgan fingerprint density at radius 1 is 1.23 bits per heavy atom. The van der Waals surface area contributed by atoms with Crippen molar-refractivity contribution in [3.8, 4) is 22.8 Å². The van der Waals surface area contributed by atoms with Crippen molar-refractivity contribution in [1.82, 2.24) is 4.68 Å². The average molecular weight is 432 g/mol. The first-order chi connectivity index (χ1) is 12.6. The van der Waals surface area contributed by atoms with Crippen LogP contribution in [0.15, 0.2) is 62.4 Å². The summed E-state index contributed by atoms with van der Waals surface area (Å²) in [5.41, 5.74) is 2.84. The molecule has 2 aromatic carbocycles. The third-order valence-corrected chi connectivity index (χ3v) is 5.06. The van der Waals surface area contributed by atoms with Crippen LogP contribution in [0.4, 0.5) is 0 Å². The topological polar surface area (TPSA) is 59.1 Å². The summed E-state index contributed by atoms with van der Waals surface area (Å²) in [5, 5.41) is 16.5. The number of phenolic OH excluding ortho intramolecular Hbond substituents is 1. The van der Waals surface area contributed by atoms with Gasteiger partial charge in [-0.25, -0.2) is 4.68 Å². The van der Waals surface area contributed by atoms with Crippen molar-refractivity contribution in [2.24, 2.45) is 10.1 Å². The monoisotopic (exact) mass is 431 g/mol. The molecule has 0 atom stereocenters. The summed E-state index contributed by atoms with van der Waals surface area (Å²) >= 11 is 4.99. The molecule has 0 fully saturated rings. The van der Waals surface area contributed by atoms with Gasteiger partial charge in [0.1, 0.15) is 0 Å². The number of rotatable bonds is 5. The van der Waals surface area contributed by atoms with Crippen LogP contribution in [0.25, 0.3) is 11.3 Å². The second-order valence-electron chi connectivity index (χ2n) is 5.35. The molecule has 0 saturated heterocycles. The number of benzene rings is 2. The maximum atomic E-state index is 9.82. The van der Waals surface area contributed by atoms with Gasteiger partial charge < -0.3 is 9.84 Å². The number of nitrogens with zero attached hydrogens (tertiary/aromatic N) is 3. The molecule has 3 aromatic rings. The van der Waals surface area contributed by atoms with Crippen LogP contribution in [-0.4, -0.2) is 29.7 Å². The largest absolute Gasteiger partial charge is 0.504 e. The summed E-state index contributed by atoms with van der Waals surface area (Å²) in [6, 6.07) is 13.2. The highest BCUT2D eigenvalue weighted by atomic mass is 79.9. The lowest BCUT2D eigenvalue weighted by atomic mass is 10.2. The van der Waals surface area contributed by atoms with E-state index in [1.165, 1.54) is 11.3 Å². The van der Waals surface area contributed by atoms with Gasteiger partial charge in [-0.15, -0.1) is 11.3 Å². The standard InChI is InChI=1S/C19H18BrN3O2S/c1-3-25-18-10-13(4-9-17(18)24)11-22-23-16(12-26-19(23)21-2)14-5-7-15(20)8-6-14/h4-12,24H,3H2,1-2H3. The highest BCUT2D eigenvalue weighted by molar-refractivity contribution is 9.10. The molecule has 0 saturated carbocycles. The zero-order chi connectivity index (χ0) is 18.5. The van der Waals surface area contributed by atoms with Crippen molar-refractivity contribution >= 4 is 33.5 Å². The van der Waals surface area contributed by atoms with Gasteiger partial charge in [-0.05, 0) is 42.8 Å². The number of aromatic nitrogens is 1. The molecule has 0 unspecified atom stereocenters. The fourth-order valence-corrected chi connectivity index (χ4v) is 3.46. The lowest BCUT2D eigenvalue weighted by molar-refractivity contribution is 0.318. The van der Waals surface area contributed by atoms with E-state index < -0.39 is 0 Å². The normalized spacial score (nSPS) is 12.0. The number of ether oxygens (including phenoxy) is 1. The maximum Gasteiger partial charge on any atom is 0.205 e. The molecular formula is C19H18BrN3O2S. The molecule has 0 spiro atoms. The highest BCUT2D eigenvalue weighted by Gasteiger charge is 2.07. The molecule has 1 heterocycles. The third kappa shape index (κ3) is 4.05. The van der Waals surface area contributed by atoms with Gasteiger partial charge in [-0.1, -0.05) is 28.1 Å². The third-order valence-electron chi connectivity index (χ3n) is 3.62. The van der Waals surface area contributed by atoms with Gasteiger partial charge in [0.2, 0.25) is 4.80 Å². The van der Waals surface area contributed by atoms with Crippen LogP contribution >= 0.6 is 27.3 Å². The van der Waals surface area contributed by atoms with Gasteiger partial charge in [-0.3, -0.25) is 4.99 Å². The molecular weight excluding hydrogens is 414 g/mol. The molecule has 0 aliphatic carbocycles. The van der Waals surface area contributed by atoms with Crippen LogP contribution in [0.2, 0.25) is 0 Å². The summed E-state index contributed by atoms with van der Waals surface area (Å²) in [5.74, 6) is 0.562. The zero-order valence-corrected chi connectivity index (χ0v) is 16.8. The van der Waals surface area contributed by atoms with E-state index in [1.807, 2.05) is 36.6 Å². The Morgan fingerprint density at radius 2 is 2.00 bits per heavy atom. The minimum atomic E-state index is 0.118. The van der Waals surface area contributed by atoms with Crippen molar-refractivity contribution in [2.45, 2.75) is 6.92 Å². The van der Waals surface area contributed by atoms with Gasteiger partial charge in [-0.2, -0.15) is 5.10 Å². The molecule has 134 valence electrons. The number of hydrogen-bond donors (Lipinski definition) is 1. The summed E-state index contributed by atoms with van der Waals surface area (Å²) in [7, 11) is 1.75. The number of phenols is 1. The van der Waals surface area contributed by atoms with Crippen molar-refractivity contribution in [3.63, 3.8) is 0 Å². The number of halogens is 1. The Morgan fingerprint density at radius 3 is 2.69 bits per heavy atom. The lowest BCUT2D eigenvalue weighted by Gasteiger charge is -2.06. The maximum absolute atomic E-state index is 9.82. The summed E-state index contributed by atoms with van der Waals surface area (Å²) < 4.78 is 8.26. The summed E-state index contributed by atoms with van der Waals surface area (Å²) in [6.07, 6.45) is 1.73. The number of thiazole rings is 1. The van der Waals surface area contributed by atoms with E-state index >= 15 is 0 Å². The SMILES string of the molecule is CCOc1cc(C=Nn2c(-c3ccc(Br)cc3)csc2=NC)ccc1O. The second kappa shape index (κ2) is 8.33. The Kier molecular flexibility index (Phi) is 5.90. The second-order valence-corrected chi connectivity index (χ2v) is 7.10. The first-order valence-corrected chi connectivity index (χ1v) is 9.69. The van der Waals surface area contributed by atoms with Crippen LogP contribution in [0.1, 0.15) is 12.5 Å². The Labute approximate surface area is 164 Å². The molecule has 1 N–H and O–H groups in total. The smallest absolute Gasteiger partial charge is 0.205 e. The minimum Gasteiger partial charge on any atom is -0.504 e. The van der Waals surface area contributed by atoms with Crippen LogP contribution < -0.4 is 9.54 Å². The lowest BCUT2D eigenvalue weighted by Crippen LogP contribution is -2.11. The van der Waals surface area contributed by atoms with Crippen molar-refractivity contribution in [2.75, 3.05) is 13.7 Å². The predicted octanol–water partition coefficient (Wildman–Crippen LogP) is 4.50. The first-order valence-electron chi connectivity index (χ1n) is 8.02. The Hall–Kier alpha value is -2.38. The van der Waals surface area contributed by atoms with E-state index in [1.54, 1.807) is 36.1 Å². The van der Waals surface area contributed by atoms with E-state index in [0.717, 1.165) is 26.1 Å². The molecule has 0 amide bonds. The van der Waals surface area contributed by atoms with Gasteiger partial charge in [0.15, 0.2) is 11.5 Å². The van der Waals surface area contributed by atoms with Crippen LogP contribution in [0, 0.1) is 0 Å². The van der Waals surface area contributed by atoms with E-state index in [2.05, 4.69) is 26.0 Å².